The van der Waals surface area contributed by atoms with Crippen LogP contribution >= 0.6 is 0 Å². The normalized spacial score (nSPS) is 12.2. The molecule has 0 fully saturated rings. The average molecular weight is 568 g/mol. The summed E-state index contributed by atoms with van der Waals surface area (Å²) in [6.07, 6.45) is 1.28. The Hall–Kier alpha value is -3.72. The number of hydrogen-bond donors (Lipinski definition) is 1. The van der Waals surface area contributed by atoms with Crippen molar-refractivity contribution in [3.05, 3.63) is 101 Å². The lowest BCUT2D eigenvalue weighted by Gasteiger charge is -2.34. The Morgan fingerprint density at radius 2 is 1.57 bits per heavy atom. The number of nitrogens with one attached hydrogen (secondary N) is 1. The Bertz CT molecular complexity index is 1410. The number of aryl methyl sites for hydroxylation is 2. The van der Waals surface area contributed by atoms with E-state index >= 15 is 0 Å². The van der Waals surface area contributed by atoms with E-state index in [-0.39, 0.29) is 24.8 Å². The van der Waals surface area contributed by atoms with Gasteiger partial charge in [-0.25, -0.2) is 12.8 Å². The van der Waals surface area contributed by atoms with Gasteiger partial charge in [0.15, 0.2) is 0 Å². The van der Waals surface area contributed by atoms with Crippen LogP contribution in [0, 0.1) is 25.6 Å². The highest BCUT2D eigenvalue weighted by Crippen LogP contribution is 2.25. The Kier molecular flexibility index (Phi) is 10.5. The molecule has 0 aliphatic carbocycles. The lowest BCUT2D eigenvalue weighted by Crippen LogP contribution is -2.53. The SMILES string of the molecule is Cc1ccc(C)c(N(CC(=O)N(Cc2ccc(F)cc2)[C@H](Cc2ccccc2)C(=O)NCC(C)C)S(C)(=O)=O)c1. The summed E-state index contributed by atoms with van der Waals surface area (Å²) >= 11 is 0. The van der Waals surface area contributed by atoms with Crippen LogP contribution in [0.5, 0.6) is 0 Å². The molecule has 0 heterocycles. The zero-order valence-electron chi connectivity index (χ0n) is 23.7. The van der Waals surface area contributed by atoms with Gasteiger partial charge >= 0.3 is 0 Å². The Balaban J connectivity index is 2.06. The summed E-state index contributed by atoms with van der Waals surface area (Å²) in [5, 5.41) is 2.94. The predicted octanol–water partition coefficient (Wildman–Crippen LogP) is 4.62. The number of anilines is 1. The van der Waals surface area contributed by atoms with Crippen LogP contribution in [0.4, 0.5) is 10.1 Å². The van der Waals surface area contributed by atoms with Crippen molar-refractivity contribution in [3.8, 4) is 0 Å². The summed E-state index contributed by atoms with van der Waals surface area (Å²) in [4.78, 5) is 29.1. The first-order chi connectivity index (χ1) is 18.8. The minimum Gasteiger partial charge on any atom is -0.354 e. The fourth-order valence-electron chi connectivity index (χ4n) is 4.35. The molecule has 7 nitrogen and oxygen atoms in total. The number of sulfonamides is 1. The molecule has 0 radical (unpaired) electrons. The Morgan fingerprint density at radius 3 is 2.17 bits per heavy atom. The van der Waals surface area contributed by atoms with Crippen molar-refractivity contribution in [1.82, 2.24) is 10.2 Å². The number of amides is 2. The smallest absolute Gasteiger partial charge is 0.244 e. The number of carbonyl (C=O) groups is 2. The summed E-state index contributed by atoms with van der Waals surface area (Å²) in [5.74, 6) is -1.12. The summed E-state index contributed by atoms with van der Waals surface area (Å²) in [5.41, 5.74) is 3.41. The lowest BCUT2D eigenvalue weighted by molar-refractivity contribution is -0.140. The number of halogens is 1. The maximum atomic E-state index is 14.1. The molecule has 0 spiro atoms. The van der Waals surface area contributed by atoms with E-state index < -0.39 is 34.3 Å². The van der Waals surface area contributed by atoms with E-state index in [4.69, 9.17) is 0 Å². The largest absolute Gasteiger partial charge is 0.354 e. The molecule has 3 aromatic carbocycles. The highest BCUT2D eigenvalue weighted by molar-refractivity contribution is 7.92. The highest BCUT2D eigenvalue weighted by Gasteiger charge is 2.33. The van der Waals surface area contributed by atoms with Crippen LogP contribution in [0.3, 0.4) is 0 Å². The second-order valence-electron chi connectivity index (χ2n) is 10.6. The van der Waals surface area contributed by atoms with E-state index in [2.05, 4.69) is 5.32 Å². The number of rotatable bonds is 12. The molecule has 1 atom stereocenters. The van der Waals surface area contributed by atoms with Crippen molar-refractivity contribution in [2.45, 2.75) is 46.7 Å². The summed E-state index contributed by atoms with van der Waals surface area (Å²) < 4.78 is 40.7. The zero-order chi connectivity index (χ0) is 29.4. The first kappa shape index (κ1) is 30.8. The molecule has 214 valence electrons. The van der Waals surface area contributed by atoms with Gasteiger partial charge in [-0.3, -0.25) is 13.9 Å². The molecule has 0 saturated carbocycles. The maximum absolute atomic E-state index is 14.1. The molecular weight excluding hydrogens is 529 g/mol. The number of carbonyl (C=O) groups excluding carboxylic acids is 2. The standard InChI is InChI=1S/C31H38FN3O4S/c1-22(2)19-33-31(37)29(18-25-9-7-6-8-10-25)34(20-26-13-15-27(32)16-14-26)30(36)21-35(40(5,38)39)28-17-23(3)11-12-24(28)4/h6-17,22,29H,18-21H2,1-5H3,(H,33,37)/t29-/m1/s1. The van der Waals surface area contributed by atoms with Crippen LogP contribution < -0.4 is 9.62 Å². The molecule has 0 aliphatic rings. The zero-order valence-corrected chi connectivity index (χ0v) is 24.5. The monoisotopic (exact) mass is 567 g/mol. The topological polar surface area (TPSA) is 86.8 Å². The lowest BCUT2D eigenvalue weighted by atomic mass is 10.0. The summed E-state index contributed by atoms with van der Waals surface area (Å²) in [6, 6.07) is 19.5. The highest BCUT2D eigenvalue weighted by atomic mass is 32.2. The summed E-state index contributed by atoms with van der Waals surface area (Å²) in [7, 11) is -3.85. The van der Waals surface area contributed by atoms with E-state index in [9.17, 15) is 22.4 Å². The molecule has 3 aromatic rings. The van der Waals surface area contributed by atoms with Gasteiger partial charge in [0.25, 0.3) is 0 Å². The third-order valence-electron chi connectivity index (χ3n) is 6.53. The average Bonchev–Trinajstić information content (AvgIpc) is 2.90. The van der Waals surface area contributed by atoms with Crippen molar-refractivity contribution >= 4 is 27.5 Å². The molecule has 9 heteroatoms. The van der Waals surface area contributed by atoms with E-state index in [1.54, 1.807) is 31.2 Å². The van der Waals surface area contributed by atoms with Crippen LogP contribution in [0.1, 0.15) is 36.1 Å². The summed E-state index contributed by atoms with van der Waals surface area (Å²) in [6.45, 7) is 7.50. The van der Waals surface area contributed by atoms with E-state index in [0.717, 1.165) is 21.7 Å². The van der Waals surface area contributed by atoms with Crippen LogP contribution in [0.25, 0.3) is 0 Å². The van der Waals surface area contributed by atoms with Gasteiger partial charge in [0.05, 0.1) is 11.9 Å². The van der Waals surface area contributed by atoms with Crippen LogP contribution in [0.2, 0.25) is 0 Å². The quantitative estimate of drug-likeness (QED) is 0.346. The minimum absolute atomic E-state index is 0.00386. The minimum atomic E-state index is -3.85. The van der Waals surface area contributed by atoms with Gasteiger partial charge in [-0.1, -0.05) is 68.4 Å². The van der Waals surface area contributed by atoms with Gasteiger partial charge in [-0.2, -0.15) is 0 Å². The van der Waals surface area contributed by atoms with Gasteiger partial charge in [0.2, 0.25) is 21.8 Å². The van der Waals surface area contributed by atoms with Gasteiger partial charge in [-0.05, 0) is 60.2 Å². The Morgan fingerprint density at radius 1 is 0.925 bits per heavy atom. The molecule has 0 saturated heterocycles. The van der Waals surface area contributed by atoms with Crippen molar-refractivity contribution < 1.29 is 22.4 Å². The van der Waals surface area contributed by atoms with Crippen LogP contribution in [-0.4, -0.2) is 50.5 Å². The van der Waals surface area contributed by atoms with Crippen molar-refractivity contribution in [2.24, 2.45) is 5.92 Å². The van der Waals surface area contributed by atoms with Crippen molar-refractivity contribution in [3.63, 3.8) is 0 Å². The fraction of sp³-hybridized carbons (Fsp3) is 0.355. The molecule has 3 rings (SSSR count). The van der Waals surface area contributed by atoms with Gasteiger partial charge in [0, 0.05) is 19.5 Å². The van der Waals surface area contributed by atoms with E-state index in [1.165, 1.54) is 17.0 Å². The first-order valence-corrected chi connectivity index (χ1v) is 15.1. The third kappa shape index (κ3) is 8.64. The number of hydrogen-bond acceptors (Lipinski definition) is 4. The molecular formula is C31H38FN3O4S. The molecule has 0 unspecified atom stereocenters. The van der Waals surface area contributed by atoms with Gasteiger partial charge < -0.3 is 10.2 Å². The number of benzene rings is 3. The molecule has 0 aliphatic heterocycles. The molecule has 2 amide bonds. The number of nitrogens with zero attached hydrogens (tertiary/aromatic N) is 2. The van der Waals surface area contributed by atoms with Crippen LogP contribution in [-0.2, 0) is 32.6 Å². The van der Waals surface area contributed by atoms with Gasteiger partial charge in [0.1, 0.15) is 18.4 Å². The second kappa shape index (κ2) is 13.6. The van der Waals surface area contributed by atoms with Crippen molar-refractivity contribution in [2.75, 3.05) is 23.7 Å². The van der Waals surface area contributed by atoms with Gasteiger partial charge in [-0.15, -0.1) is 0 Å². The van der Waals surface area contributed by atoms with E-state index in [0.29, 0.717) is 23.4 Å². The Labute approximate surface area is 237 Å². The maximum Gasteiger partial charge on any atom is 0.244 e. The van der Waals surface area contributed by atoms with Crippen LogP contribution in [0.15, 0.2) is 72.8 Å². The second-order valence-corrected chi connectivity index (χ2v) is 12.5. The predicted molar refractivity (Wildman–Crippen MR) is 157 cm³/mol. The first-order valence-electron chi connectivity index (χ1n) is 13.3. The molecule has 40 heavy (non-hydrogen) atoms. The molecule has 1 N–H and O–H groups in total. The van der Waals surface area contributed by atoms with Crippen molar-refractivity contribution in [1.29, 1.82) is 0 Å². The molecule has 0 aromatic heterocycles. The molecule has 0 bridgehead atoms. The third-order valence-corrected chi connectivity index (χ3v) is 7.66. The van der Waals surface area contributed by atoms with E-state index in [1.807, 2.05) is 57.2 Å². The fourth-order valence-corrected chi connectivity index (χ4v) is 5.24.